The summed E-state index contributed by atoms with van der Waals surface area (Å²) in [5.41, 5.74) is -0.0111. The van der Waals surface area contributed by atoms with Crippen molar-refractivity contribution < 1.29 is 28.2 Å². The van der Waals surface area contributed by atoms with Crippen LogP contribution in [0, 0.1) is 5.82 Å². The number of hydrogen-bond donors (Lipinski definition) is 0. The number of hydrogen-bond acceptors (Lipinski definition) is 5. The van der Waals surface area contributed by atoms with Gasteiger partial charge in [0.15, 0.2) is 11.6 Å². The first-order valence-corrected chi connectivity index (χ1v) is 13.7. The minimum Gasteiger partial charge on any atom is -0.491 e. The van der Waals surface area contributed by atoms with E-state index in [1.165, 1.54) is 6.07 Å². The van der Waals surface area contributed by atoms with Crippen molar-refractivity contribution in [2.75, 3.05) is 40.0 Å². The molecule has 0 saturated carbocycles. The van der Waals surface area contributed by atoms with Gasteiger partial charge in [0.25, 0.3) is 0 Å². The molecule has 2 amide bonds. The molecule has 7 nitrogen and oxygen atoms in total. The second-order valence-corrected chi connectivity index (χ2v) is 10.3. The number of nitrogens with zero attached hydrogens (tertiary/aromatic N) is 2. The fourth-order valence-electron chi connectivity index (χ4n) is 4.53. The average molecular weight is 569 g/mol. The molecule has 1 aliphatic heterocycles. The van der Waals surface area contributed by atoms with Crippen molar-refractivity contribution in [1.29, 1.82) is 0 Å². The summed E-state index contributed by atoms with van der Waals surface area (Å²) in [6, 6.07) is 22.9. The van der Waals surface area contributed by atoms with Gasteiger partial charge in [0.2, 0.25) is 11.8 Å². The van der Waals surface area contributed by atoms with Gasteiger partial charge >= 0.3 is 0 Å². The molecule has 4 rings (SSSR count). The Kier molecular flexibility index (Phi) is 10.4. The SMILES string of the molecule is CN(Cc1ccccc1)C(=O)C[C@@]1(COc2ccc(Cl)cc2)CN(C(=O)CCCOc2ccccc2F)CCO1. The van der Waals surface area contributed by atoms with Gasteiger partial charge in [-0.3, -0.25) is 9.59 Å². The molecular formula is C31H34ClFN2O5. The summed E-state index contributed by atoms with van der Waals surface area (Å²) < 4.78 is 31.5. The Balaban J connectivity index is 1.39. The van der Waals surface area contributed by atoms with E-state index in [4.69, 9.17) is 25.8 Å². The molecule has 1 aliphatic rings. The molecule has 40 heavy (non-hydrogen) atoms. The molecule has 1 heterocycles. The number of halogens is 2. The van der Waals surface area contributed by atoms with Crippen LogP contribution < -0.4 is 9.47 Å². The monoisotopic (exact) mass is 568 g/mol. The van der Waals surface area contributed by atoms with Crippen LogP contribution in [0.15, 0.2) is 78.9 Å². The molecule has 3 aromatic rings. The Labute approximate surface area is 239 Å². The maximum atomic E-state index is 13.8. The molecule has 3 aromatic carbocycles. The van der Waals surface area contributed by atoms with Crippen molar-refractivity contribution in [3.8, 4) is 11.5 Å². The molecule has 212 valence electrons. The summed E-state index contributed by atoms with van der Waals surface area (Å²) >= 11 is 6.00. The summed E-state index contributed by atoms with van der Waals surface area (Å²) in [4.78, 5) is 29.8. The van der Waals surface area contributed by atoms with Crippen LogP contribution in [0.25, 0.3) is 0 Å². The van der Waals surface area contributed by atoms with E-state index >= 15 is 0 Å². The van der Waals surface area contributed by atoms with E-state index in [1.54, 1.807) is 59.3 Å². The molecule has 0 aliphatic carbocycles. The van der Waals surface area contributed by atoms with Crippen molar-refractivity contribution in [1.82, 2.24) is 9.80 Å². The van der Waals surface area contributed by atoms with E-state index in [0.717, 1.165) is 5.56 Å². The second-order valence-electron chi connectivity index (χ2n) is 9.88. The highest BCUT2D eigenvalue weighted by Crippen LogP contribution is 2.27. The largest absolute Gasteiger partial charge is 0.491 e. The molecule has 0 bridgehead atoms. The Morgan fingerprint density at radius 3 is 2.50 bits per heavy atom. The molecule has 1 atom stereocenters. The molecule has 9 heteroatoms. The highest BCUT2D eigenvalue weighted by Gasteiger charge is 2.42. The predicted molar refractivity (Wildman–Crippen MR) is 151 cm³/mol. The zero-order chi connectivity index (χ0) is 28.4. The van der Waals surface area contributed by atoms with Crippen LogP contribution in [0.4, 0.5) is 4.39 Å². The van der Waals surface area contributed by atoms with Gasteiger partial charge in [-0.25, -0.2) is 4.39 Å². The summed E-state index contributed by atoms with van der Waals surface area (Å²) in [7, 11) is 1.75. The Morgan fingerprint density at radius 1 is 1.02 bits per heavy atom. The van der Waals surface area contributed by atoms with Crippen molar-refractivity contribution in [2.45, 2.75) is 31.4 Å². The maximum Gasteiger partial charge on any atom is 0.225 e. The Bertz CT molecular complexity index is 1260. The third kappa shape index (κ3) is 8.44. The average Bonchev–Trinajstić information content (AvgIpc) is 2.96. The van der Waals surface area contributed by atoms with E-state index in [0.29, 0.717) is 30.3 Å². The molecule has 1 saturated heterocycles. The summed E-state index contributed by atoms with van der Waals surface area (Å²) in [6.07, 6.45) is 0.700. The first-order chi connectivity index (χ1) is 19.3. The van der Waals surface area contributed by atoms with Crippen molar-refractivity contribution in [3.63, 3.8) is 0 Å². The van der Waals surface area contributed by atoms with Crippen molar-refractivity contribution in [2.24, 2.45) is 0 Å². The lowest BCUT2D eigenvalue weighted by molar-refractivity contribution is -0.165. The number of ether oxygens (including phenoxy) is 3. The lowest BCUT2D eigenvalue weighted by Crippen LogP contribution is -2.58. The fraction of sp³-hybridized carbons (Fsp3) is 0.355. The van der Waals surface area contributed by atoms with Crippen LogP contribution in [0.5, 0.6) is 11.5 Å². The van der Waals surface area contributed by atoms with Gasteiger partial charge in [-0.1, -0.05) is 54.1 Å². The van der Waals surface area contributed by atoms with Gasteiger partial charge in [0.05, 0.1) is 26.2 Å². The third-order valence-corrected chi connectivity index (χ3v) is 6.96. The zero-order valence-electron chi connectivity index (χ0n) is 22.6. The first-order valence-electron chi connectivity index (χ1n) is 13.3. The standard InChI is InChI=1S/C31H34ClFN2O5/c1-34(21-24-8-3-2-4-9-24)30(37)20-31(23-39-26-15-13-25(32)14-16-26)22-35(17-19-40-31)29(36)12-7-18-38-28-11-6-5-10-27(28)33/h2-6,8-11,13-16H,7,12,17-23H2,1H3/t31-/m0/s1. The van der Waals surface area contributed by atoms with Gasteiger partial charge in [-0.15, -0.1) is 0 Å². The van der Waals surface area contributed by atoms with Crippen LogP contribution in [-0.4, -0.2) is 67.2 Å². The third-order valence-electron chi connectivity index (χ3n) is 6.71. The number of carbonyl (C=O) groups is 2. The van der Waals surface area contributed by atoms with Crippen LogP contribution in [0.3, 0.4) is 0 Å². The van der Waals surface area contributed by atoms with Gasteiger partial charge in [-0.2, -0.15) is 0 Å². The number of carbonyl (C=O) groups excluding carboxylic acids is 2. The minimum atomic E-state index is -1.03. The molecule has 0 aromatic heterocycles. The van der Waals surface area contributed by atoms with E-state index in [2.05, 4.69) is 0 Å². The van der Waals surface area contributed by atoms with Gasteiger partial charge < -0.3 is 24.0 Å². The Hall–Kier alpha value is -3.62. The summed E-state index contributed by atoms with van der Waals surface area (Å²) in [6.45, 7) is 1.64. The van der Waals surface area contributed by atoms with Crippen LogP contribution in [0.1, 0.15) is 24.8 Å². The molecule has 0 radical (unpaired) electrons. The smallest absolute Gasteiger partial charge is 0.225 e. The van der Waals surface area contributed by atoms with Crippen molar-refractivity contribution >= 4 is 23.4 Å². The van der Waals surface area contributed by atoms with Gasteiger partial charge in [0.1, 0.15) is 18.0 Å². The number of rotatable bonds is 12. The lowest BCUT2D eigenvalue weighted by Gasteiger charge is -2.42. The van der Waals surface area contributed by atoms with Crippen molar-refractivity contribution in [3.05, 3.63) is 95.3 Å². The lowest BCUT2D eigenvalue weighted by atomic mass is 9.96. The first kappa shape index (κ1) is 29.4. The molecule has 0 N–H and O–H groups in total. The highest BCUT2D eigenvalue weighted by molar-refractivity contribution is 6.30. The Morgan fingerprint density at radius 2 is 1.75 bits per heavy atom. The van der Waals surface area contributed by atoms with E-state index in [9.17, 15) is 14.0 Å². The topological polar surface area (TPSA) is 68.3 Å². The number of benzene rings is 3. The second kappa shape index (κ2) is 14.1. The van der Waals surface area contributed by atoms with Crippen LogP contribution in [0.2, 0.25) is 5.02 Å². The highest BCUT2D eigenvalue weighted by atomic mass is 35.5. The molecule has 0 unspecified atom stereocenters. The molecule has 1 fully saturated rings. The van der Waals surface area contributed by atoms with E-state index in [-0.39, 0.29) is 56.8 Å². The summed E-state index contributed by atoms with van der Waals surface area (Å²) in [5, 5.41) is 0.587. The fourth-order valence-corrected chi connectivity index (χ4v) is 4.66. The number of para-hydroxylation sites is 1. The molecule has 0 spiro atoms. The van der Waals surface area contributed by atoms with E-state index in [1.807, 2.05) is 30.3 Å². The van der Waals surface area contributed by atoms with E-state index < -0.39 is 11.4 Å². The number of morpholine rings is 1. The number of amides is 2. The predicted octanol–water partition coefficient (Wildman–Crippen LogP) is 5.36. The van der Waals surface area contributed by atoms with Crippen LogP contribution in [-0.2, 0) is 20.9 Å². The van der Waals surface area contributed by atoms with Gasteiger partial charge in [0, 0.05) is 31.6 Å². The minimum absolute atomic E-state index is 0.0457. The zero-order valence-corrected chi connectivity index (χ0v) is 23.3. The maximum absolute atomic E-state index is 13.8. The quantitative estimate of drug-likeness (QED) is 0.275. The molecular weight excluding hydrogens is 535 g/mol. The normalized spacial score (nSPS) is 16.8. The summed E-state index contributed by atoms with van der Waals surface area (Å²) in [5.74, 6) is 0.121. The van der Waals surface area contributed by atoms with Crippen LogP contribution >= 0.6 is 11.6 Å². The van der Waals surface area contributed by atoms with Gasteiger partial charge in [-0.05, 0) is 48.4 Å².